The van der Waals surface area contributed by atoms with Crippen LogP contribution in [0.15, 0.2) is 12.3 Å². The number of hydrogen-bond donors (Lipinski definition) is 2. The summed E-state index contributed by atoms with van der Waals surface area (Å²) in [6.07, 6.45) is 6.85. The molecule has 1 amide bonds. The lowest BCUT2D eigenvalue weighted by molar-refractivity contribution is 0.0932. The lowest BCUT2D eigenvalue weighted by Crippen LogP contribution is -2.35. The van der Waals surface area contributed by atoms with Gasteiger partial charge in [-0.3, -0.25) is 4.79 Å². The predicted octanol–water partition coefficient (Wildman–Crippen LogP) is 4.26. The molecule has 1 rings (SSSR count). The number of carbonyl (C=O) groups excluding carboxylic acids is 1. The van der Waals surface area contributed by atoms with Crippen molar-refractivity contribution in [2.24, 2.45) is 0 Å². The topological polar surface area (TPSA) is 54.0 Å². The smallest absolute Gasteiger partial charge is 0.253 e. The number of anilines is 1. The average molecular weight is 312 g/mol. The Morgan fingerprint density at radius 2 is 2.05 bits per heavy atom. The monoisotopic (exact) mass is 311 g/mol. The molecule has 5 heteroatoms. The van der Waals surface area contributed by atoms with Crippen molar-refractivity contribution in [1.82, 2.24) is 10.3 Å². The van der Waals surface area contributed by atoms with E-state index in [4.69, 9.17) is 11.6 Å². The number of halogens is 1. The molecule has 1 unspecified atom stereocenters. The first-order valence-electron chi connectivity index (χ1n) is 7.82. The van der Waals surface area contributed by atoms with Gasteiger partial charge in [0.05, 0.1) is 10.6 Å². The minimum Gasteiger partial charge on any atom is -0.370 e. The average Bonchev–Trinajstić information content (AvgIpc) is 2.47. The summed E-state index contributed by atoms with van der Waals surface area (Å²) in [6.45, 7) is 7.03. The first-order chi connectivity index (χ1) is 10.1. The highest BCUT2D eigenvalue weighted by Gasteiger charge is 2.16. The summed E-state index contributed by atoms with van der Waals surface area (Å²) in [5, 5.41) is 6.58. The number of aromatic nitrogens is 1. The zero-order chi connectivity index (χ0) is 15.7. The number of carbonyl (C=O) groups is 1. The zero-order valence-electron chi connectivity index (χ0n) is 13.2. The van der Waals surface area contributed by atoms with Crippen molar-refractivity contribution in [2.45, 2.75) is 58.9 Å². The molecule has 0 aliphatic heterocycles. The largest absolute Gasteiger partial charge is 0.370 e. The Kier molecular flexibility index (Phi) is 8.13. The van der Waals surface area contributed by atoms with Crippen molar-refractivity contribution in [3.63, 3.8) is 0 Å². The van der Waals surface area contributed by atoms with E-state index >= 15 is 0 Å². The fraction of sp³-hybridized carbons (Fsp3) is 0.625. The van der Waals surface area contributed by atoms with Gasteiger partial charge in [0.15, 0.2) is 0 Å². The molecule has 0 fully saturated rings. The van der Waals surface area contributed by atoms with E-state index in [1.165, 1.54) is 6.20 Å². The van der Waals surface area contributed by atoms with Gasteiger partial charge in [-0.1, -0.05) is 44.7 Å². The molecule has 4 nitrogen and oxygen atoms in total. The van der Waals surface area contributed by atoms with Gasteiger partial charge < -0.3 is 10.6 Å². The summed E-state index contributed by atoms with van der Waals surface area (Å²) < 4.78 is 0. The number of rotatable bonds is 9. The van der Waals surface area contributed by atoms with Crippen LogP contribution in [-0.4, -0.2) is 23.5 Å². The van der Waals surface area contributed by atoms with Crippen molar-refractivity contribution in [1.29, 1.82) is 0 Å². The van der Waals surface area contributed by atoms with E-state index in [-0.39, 0.29) is 11.9 Å². The van der Waals surface area contributed by atoms with Crippen LogP contribution in [-0.2, 0) is 0 Å². The SMILES string of the molecule is CCCCC(CCC)NC(=O)c1cc(NCC)ncc1Cl. The first-order valence-corrected chi connectivity index (χ1v) is 8.20. The van der Waals surface area contributed by atoms with Gasteiger partial charge in [0.1, 0.15) is 5.82 Å². The third-order valence-electron chi connectivity index (χ3n) is 3.34. The summed E-state index contributed by atoms with van der Waals surface area (Å²) in [5.41, 5.74) is 0.486. The van der Waals surface area contributed by atoms with E-state index in [2.05, 4.69) is 29.5 Å². The Morgan fingerprint density at radius 3 is 2.67 bits per heavy atom. The Labute approximate surface area is 132 Å². The van der Waals surface area contributed by atoms with Crippen LogP contribution in [0.5, 0.6) is 0 Å². The standard InChI is InChI=1S/C16H26ClN3O/c1-4-7-9-12(8-5-2)20-16(21)13-10-15(18-6-3)19-11-14(13)17/h10-12H,4-9H2,1-3H3,(H,18,19)(H,20,21). The van der Waals surface area contributed by atoms with Crippen molar-refractivity contribution < 1.29 is 4.79 Å². The minimum atomic E-state index is -0.115. The molecule has 0 aliphatic rings. The van der Waals surface area contributed by atoms with E-state index in [1.54, 1.807) is 6.07 Å². The van der Waals surface area contributed by atoms with Crippen LogP contribution in [0.2, 0.25) is 5.02 Å². The highest BCUT2D eigenvalue weighted by Crippen LogP contribution is 2.19. The van der Waals surface area contributed by atoms with Crippen LogP contribution < -0.4 is 10.6 Å². The van der Waals surface area contributed by atoms with E-state index in [9.17, 15) is 4.79 Å². The van der Waals surface area contributed by atoms with E-state index < -0.39 is 0 Å². The number of pyridine rings is 1. The molecule has 0 aliphatic carbocycles. The Bertz CT molecular complexity index is 451. The lowest BCUT2D eigenvalue weighted by Gasteiger charge is -2.18. The van der Waals surface area contributed by atoms with Crippen LogP contribution in [0.25, 0.3) is 0 Å². The van der Waals surface area contributed by atoms with Gasteiger partial charge in [-0.25, -0.2) is 4.98 Å². The van der Waals surface area contributed by atoms with Crippen molar-refractivity contribution in [3.8, 4) is 0 Å². The molecule has 0 spiro atoms. The quantitative estimate of drug-likeness (QED) is 0.716. The van der Waals surface area contributed by atoms with Crippen molar-refractivity contribution in [3.05, 3.63) is 22.8 Å². The van der Waals surface area contributed by atoms with Crippen LogP contribution in [0, 0.1) is 0 Å². The van der Waals surface area contributed by atoms with Crippen LogP contribution in [0.4, 0.5) is 5.82 Å². The second kappa shape index (κ2) is 9.61. The molecular formula is C16H26ClN3O. The molecule has 2 N–H and O–H groups in total. The molecule has 0 radical (unpaired) electrons. The molecule has 1 aromatic rings. The molecule has 0 bridgehead atoms. The number of nitrogens with one attached hydrogen (secondary N) is 2. The first kappa shape index (κ1) is 17.8. The third-order valence-corrected chi connectivity index (χ3v) is 3.64. The molecule has 1 atom stereocenters. The van der Waals surface area contributed by atoms with Crippen LogP contribution in [0.3, 0.4) is 0 Å². The summed E-state index contributed by atoms with van der Waals surface area (Å²) >= 11 is 6.10. The maximum Gasteiger partial charge on any atom is 0.253 e. The van der Waals surface area contributed by atoms with Gasteiger partial charge >= 0.3 is 0 Å². The minimum absolute atomic E-state index is 0.115. The Hall–Kier alpha value is -1.29. The van der Waals surface area contributed by atoms with Crippen molar-refractivity contribution in [2.75, 3.05) is 11.9 Å². The summed E-state index contributed by atoms with van der Waals surface area (Å²) in [7, 11) is 0. The molecule has 0 aromatic carbocycles. The van der Waals surface area contributed by atoms with Gasteiger partial charge in [-0.05, 0) is 25.8 Å². The van der Waals surface area contributed by atoms with Crippen LogP contribution in [0.1, 0.15) is 63.2 Å². The normalized spacial score (nSPS) is 12.0. The van der Waals surface area contributed by atoms with E-state index in [1.807, 2.05) is 6.92 Å². The van der Waals surface area contributed by atoms with E-state index in [0.717, 1.165) is 38.6 Å². The fourth-order valence-electron chi connectivity index (χ4n) is 2.24. The molecule has 1 aromatic heterocycles. The highest BCUT2D eigenvalue weighted by molar-refractivity contribution is 6.33. The third kappa shape index (κ3) is 5.92. The second-order valence-corrected chi connectivity index (χ2v) is 5.59. The van der Waals surface area contributed by atoms with E-state index in [0.29, 0.717) is 16.4 Å². The van der Waals surface area contributed by atoms with Gasteiger partial charge in [-0.2, -0.15) is 0 Å². The molecule has 1 heterocycles. The van der Waals surface area contributed by atoms with Gasteiger partial charge in [0.25, 0.3) is 5.91 Å². The number of amides is 1. The predicted molar refractivity (Wildman–Crippen MR) is 89.1 cm³/mol. The maximum absolute atomic E-state index is 12.4. The summed E-state index contributed by atoms with van der Waals surface area (Å²) in [6, 6.07) is 1.93. The van der Waals surface area contributed by atoms with Gasteiger partial charge in [0, 0.05) is 18.8 Å². The molecule has 21 heavy (non-hydrogen) atoms. The zero-order valence-corrected chi connectivity index (χ0v) is 14.0. The molecular weight excluding hydrogens is 286 g/mol. The van der Waals surface area contributed by atoms with Gasteiger partial charge in [0.2, 0.25) is 0 Å². The van der Waals surface area contributed by atoms with Gasteiger partial charge in [-0.15, -0.1) is 0 Å². The number of hydrogen-bond acceptors (Lipinski definition) is 3. The molecule has 0 saturated heterocycles. The Morgan fingerprint density at radius 1 is 1.29 bits per heavy atom. The highest BCUT2D eigenvalue weighted by atomic mass is 35.5. The number of nitrogens with zero attached hydrogens (tertiary/aromatic N) is 1. The second-order valence-electron chi connectivity index (χ2n) is 5.18. The van der Waals surface area contributed by atoms with Crippen LogP contribution >= 0.6 is 11.6 Å². The Balaban J connectivity index is 2.78. The fourth-order valence-corrected chi connectivity index (χ4v) is 2.43. The lowest BCUT2D eigenvalue weighted by atomic mass is 10.0. The molecule has 0 saturated carbocycles. The summed E-state index contributed by atoms with van der Waals surface area (Å²) in [4.78, 5) is 16.6. The maximum atomic E-state index is 12.4. The summed E-state index contributed by atoms with van der Waals surface area (Å²) in [5.74, 6) is 0.559. The van der Waals surface area contributed by atoms with Crippen molar-refractivity contribution >= 4 is 23.3 Å². The number of unbranched alkanes of at least 4 members (excludes halogenated alkanes) is 1. The molecule has 118 valence electrons.